The number of carbonyl (C=O) groups is 1. The summed E-state index contributed by atoms with van der Waals surface area (Å²) in [5, 5.41) is 2.79. The molecule has 1 heterocycles. The van der Waals surface area contributed by atoms with Gasteiger partial charge in [-0.15, -0.1) is 11.8 Å². The molecule has 0 spiro atoms. The Morgan fingerprint density at radius 2 is 1.62 bits per heavy atom. The van der Waals surface area contributed by atoms with E-state index in [9.17, 15) is 4.79 Å². The number of hydrogen-bond donors (Lipinski definition) is 0. The first kappa shape index (κ1) is 32.3. The number of unbranched alkanes of at least 4 members (excludes halogenated alkanes) is 1. The molecule has 5 nitrogen and oxygen atoms in total. The summed E-state index contributed by atoms with van der Waals surface area (Å²) in [6.45, 7) is 11.8. The third-order valence-corrected chi connectivity index (χ3v) is 14.7. The van der Waals surface area contributed by atoms with Crippen LogP contribution in [0.25, 0.3) is 0 Å². The molecule has 2 aromatic carbocycles. The molecule has 7 heteroatoms. The largest absolute Gasteiger partial charge is 0.474 e. The Bertz CT molecular complexity index is 1240. The van der Waals surface area contributed by atoms with Crippen LogP contribution in [0.15, 0.2) is 77.7 Å². The van der Waals surface area contributed by atoms with E-state index in [1.54, 1.807) is 11.8 Å². The molecule has 42 heavy (non-hydrogen) atoms. The molecule has 0 saturated heterocycles. The maximum Gasteiger partial charge on any atom is 0.309 e. The van der Waals surface area contributed by atoms with Gasteiger partial charge in [-0.3, -0.25) is 4.79 Å². The Labute approximate surface area is 257 Å². The second-order valence-corrected chi connectivity index (χ2v) is 18.0. The van der Waals surface area contributed by atoms with E-state index in [-0.39, 0.29) is 28.3 Å². The van der Waals surface area contributed by atoms with Gasteiger partial charge in [0.1, 0.15) is 0 Å². The van der Waals surface area contributed by atoms with Crippen molar-refractivity contribution in [3.05, 3.63) is 78.5 Å². The van der Waals surface area contributed by atoms with Crippen LogP contribution in [-0.4, -0.2) is 44.3 Å². The normalized spacial score (nSPS) is 18.0. The molecule has 3 aromatic rings. The molecular formula is C35H47NO4SSi. The van der Waals surface area contributed by atoms with Crippen molar-refractivity contribution in [1.82, 2.24) is 4.98 Å². The molecule has 4 rings (SSSR count). The van der Waals surface area contributed by atoms with Crippen LogP contribution in [-0.2, 0) is 14.0 Å². The average molecular weight is 606 g/mol. The van der Waals surface area contributed by atoms with Crippen molar-refractivity contribution < 1.29 is 18.7 Å². The number of rotatable bonds is 13. The lowest BCUT2D eigenvalue weighted by Crippen LogP contribution is -2.66. The summed E-state index contributed by atoms with van der Waals surface area (Å²) in [6.07, 6.45) is 5.82. The van der Waals surface area contributed by atoms with E-state index < -0.39 is 8.32 Å². The van der Waals surface area contributed by atoms with Crippen molar-refractivity contribution in [2.45, 2.75) is 94.4 Å². The molecule has 3 atom stereocenters. The lowest BCUT2D eigenvalue weighted by molar-refractivity contribution is -0.144. The van der Waals surface area contributed by atoms with Crippen molar-refractivity contribution in [2.75, 3.05) is 13.7 Å². The van der Waals surface area contributed by atoms with E-state index >= 15 is 0 Å². The summed E-state index contributed by atoms with van der Waals surface area (Å²) >= 11 is 1.71. The number of benzene rings is 2. The Morgan fingerprint density at radius 3 is 2.21 bits per heavy atom. The van der Waals surface area contributed by atoms with Crippen LogP contribution in [0.4, 0.5) is 0 Å². The van der Waals surface area contributed by atoms with Gasteiger partial charge in [-0.05, 0) is 73.5 Å². The van der Waals surface area contributed by atoms with Crippen molar-refractivity contribution in [3.8, 4) is 5.88 Å². The molecular weight excluding hydrogens is 559 g/mol. The number of aromatic nitrogens is 1. The van der Waals surface area contributed by atoms with Crippen LogP contribution in [0.5, 0.6) is 5.88 Å². The molecule has 1 aliphatic carbocycles. The molecule has 0 unspecified atom stereocenters. The lowest BCUT2D eigenvalue weighted by Gasteiger charge is -2.43. The summed E-state index contributed by atoms with van der Waals surface area (Å²) in [7, 11) is -1.03. The molecule has 0 aliphatic heterocycles. The quantitative estimate of drug-likeness (QED) is 0.115. The van der Waals surface area contributed by atoms with E-state index in [0.29, 0.717) is 12.5 Å². The molecule has 0 amide bonds. The van der Waals surface area contributed by atoms with Crippen LogP contribution >= 0.6 is 11.8 Å². The number of ether oxygens (including phenoxy) is 2. The molecule has 0 radical (unpaired) electrons. The second-order valence-electron chi connectivity index (χ2n) is 12.4. The van der Waals surface area contributed by atoms with Gasteiger partial charge in [0.2, 0.25) is 5.88 Å². The van der Waals surface area contributed by atoms with Gasteiger partial charge in [0.15, 0.2) is 0 Å². The predicted molar refractivity (Wildman–Crippen MR) is 175 cm³/mol. The van der Waals surface area contributed by atoms with Gasteiger partial charge in [0.25, 0.3) is 8.32 Å². The highest BCUT2D eigenvalue weighted by atomic mass is 32.2. The first-order valence-corrected chi connectivity index (χ1v) is 18.1. The Balaban J connectivity index is 1.38. The van der Waals surface area contributed by atoms with Crippen LogP contribution in [0.3, 0.4) is 0 Å². The van der Waals surface area contributed by atoms with Crippen molar-refractivity contribution >= 4 is 36.4 Å². The minimum absolute atomic E-state index is 0.0199. The maximum atomic E-state index is 12.3. The molecule has 1 fully saturated rings. The number of methoxy groups -OCH3 is 1. The monoisotopic (exact) mass is 605 g/mol. The zero-order chi connectivity index (χ0) is 30.2. The van der Waals surface area contributed by atoms with E-state index in [0.717, 1.165) is 49.1 Å². The van der Waals surface area contributed by atoms with Crippen LogP contribution in [0.1, 0.15) is 71.9 Å². The summed E-state index contributed by atoms with van der Waals surface area (Å²) in [4.78, 5) is 18.0. The number of thioether (sulfide) groups is 1. The molecule has 1 aliphatic rings. The minimum atomic E-state index is -2.51. The van der Waals surface area contributed by atoms with Gasteiger partial charge in [-0.1, -0.05) is 87.9 Å². The zero-order valence-electron chi connectivity index (χ0n) is 26.1. The molecule has 1 saturated carbocycles. The van der Waals surface area contributed by atoms with E-state index in [1.807, 2.05) is 13.0 Å². The predicted octanol–water partition coefficient (Wildman–Crippen LogP) is 7.34. The Kier molecular flexibility index (Phi) is 11.3. The number of pyridine rings is 1. The fourth-order valence-electron chi connectivity index (χ4n) is 6.12. The molecule has 0 N–H and O–H groups in total. The smallest absolute Gasteiger partial charge is 0.309 e. The van der Waals surface area contributed by atoms with Crippen molar-refractivity contribution in [3.63, 3.8) is 0 Å². The average Bonchev–Trinajstić information content (AvgIpc) is 3.44. The first-order valence-electron chi connectivity index (χ1n) is 15.3. The highest BCUT2D eigenvalue weighted by Gasteiger charge is 2.50. The summed E-state index contributed by atoms with van der Waals surface area (Å²) in [5.74, 6) is 0.495. The summed E-state index contributed by atoms with van der Waals surface area (Å²) in [6, 6.07) is 25.7. The van der Waals surface area contributed by atoms with E-state index in [1.165, 1.54) is 17.5 Å². The van der Waals surface area contributed by atoms with Crippen LogP contribution in [0, 0.1) is 12.8 Å². The fourth-order valence-corrected chi connectivity index (χ4v) is 12.1. The van der Waals surface area contributed by atoms with Gasteiger partial charge < -0.3 is 13.9 Å². The van der Waals surface area contributed by atoms with Gasteiger partial charge in [-0.2, -0.15) is 0 Å². The summed E-state index contributed by atoms with van der Waals surface area (Å²) in [5.41, 5.74) is 0.927. The highest BCUT2D eigenvalue weighted by Crippen LogP contribution is 2.42. The lowest BCUT2D eigenvalue weighted by atomic mass is 10.1. The SMILES string of the molecule is COC(=O)[C@H]1CCC[C@H]1Sc1ccc(C)nc1O[C@H](C)CCCCO[Si](c1ccccc1)(c1ccccc1)C(C)(C)C. The minimum Gasteiger partial charge on any atom is -0.474 e. The van der Waals surface area contributed by atoms with Gasteiger partial charge in [-0.25, -0.2) is 4.98 Å². The number of carbonyl (C=O) groups excluding carboxylic acids is 1. The van der Waals surface area contributed by atoms with Crippen LogP contribution in [0.2, 0.25) is 5.04 Å². The molecule has 1 aromatic heterocycles. The van der Waals surface area contributed by atoms with Crippen LogP contribution < -0.4 is 15.1 Å². The second kappa shape index (κ2) is 14.7. The van der Waals surface area contributed by atoms with Gasteiger partial charge in [0.05, 0.1) is 24.0 Å². The number of nitrogens with zero attached hydrogens (tertiary/aromatic N) is 1. The third kappa shape index (κ3) is 7.66. The Hall–Kier alpha value is -2.61. The van der Waals surface area contributed by atoms with Crippen molar-refractivity contribution in [1.29, 1.82) is 0 Å². The maximum absolute atomic E-state index is 12.3. The number of aryl methyl sites for hydroxylation is 1. The zero-order valence-corrected chi connectivity index (χ0v) is 27.9. The molecule has 226 valence electrons. The third-order valence-electron chi connectivity index (χ3n) is 8.25. The fraction of sp³-hybridized carbons (Fsp3) is 0.486. The number of hydrogen-bond acceptors (Lipinski definition) is 6. The van der Waals surface area contributed by atoms with E-state index in [4.69, 9.17) is 18.9 Å². The highest BCUT2D eigenvalue weighted by molar-refractivity contribution is 8.00. The summed E-state index contributed by atoms with van der Waals surface area (Å²) < 4.78 is 18.5. The topological polar surface area (TPSA) is 57.7 Å². The standard InChI is InChI=1S/C35H47NO4SSi/c1-26-23-24-32(41-31-22-15-21-30(31)34(37)38-6)33(36-26)40-27(2)16-13-14-25-39-42(35(3,4)5,28-17-9-7-10-18-28)29-19-11-8-12-20-29/h7-12,17-20,23-24,27,30-31H,13-16,21-22,25H2,1-6H3/t27-,30+,31-/m1/s1. The van der Waals surface area contributed by atoms with E-state index in [2.05, 4.69) is 94.4 Å². The van der Waals surface area contributed by atoms with Gasteiger partial charge >= 0.3 is 5.97 Å². The van der Waals surface area contributed by atoms with Gasteiger partial charge in [0, 0.05) is 17.6 Å². The first-order chi connectivity index (χ1) is 20.2. The van der Waals surface area contributed by atoms with Crippen molar-refractivity contribution in [2.24, 2.45) is 5.92 Å². The molecule has 0 bridgehead atoms. The Morgan fingerprint density at radius 1 is 0.976 bits per heavy atom. The number of esters is 1.